The molecule has 2 rings (SSSR count). The summed E-state index contributed by atoms with van der Waals surface area (Å²) >= 11 is 0. The molecule has 0 aliphatic carbocycles. The number of aliphatic carboxylic acids is 1. The number of H-pyrrole nitrogens is 1. The van der Waals surface area contributed by atoms with E-state index in [1.165, 1.54) is 11.1 Å². The molecule has 0 fully saturated rings. The van der Waals surface area contributed by atoms with Crippen LogP contribution in [-0.4, -0.2) is 21.3 Å². The molecular weight excluding hydrogens is 240 g/mol. The van der Waals surface area contributed by atoms with Crippen LogP contribution in [0.25, 0.3) is 11.3 Å². The number of aromatic amines is 1. The summed E-state index contributed by atoms with van der Waals surface area (Å²) in [4.78, 5) is 10.6. The minimum atomic E-state index is -0.790. The number of carboxylic acid groups (broad SMARTS) is 1. The van der Waals surface area contributed by atoms with Crippen LogP contribution >= 0.6 is 0 Å². The summed E-state index contributed by atoms with van der Waals surface area (Å²) in [6, 6.07) is 6.25. The van der Waals surface area contributed by atoms with E-state index in [1.807, 2.05) is 6.92 Å². The fraction of sp³-hybridized carbons (Fsp3) is 0.333. The van der Waals surface area contributed by atoms with Crippen molar-refractivity contribution in [2.45, 2.75) is 33.6 Å². The number of carboxylic acids is 1. The largest absolute Gasteiger partial charge is 0.481 e. The zero-order chi connectivity index (χ0) is 14.0. The Morgan fingerprint density at radius 2 is 2.05 bits per heavy atom. The minimum absolute atomic E-state index is 0.120. The van der Waals surface area contributed by atoms with E-state index in [0.717, 1.165) is 22.5 Å². The number of aromatic nitrogens is 2. The summed E-state index contributed by atoms with van der Waals surface area (Å²) in [6.45, 7) is 6.11. The Bertz CT molecular complexity index is 615. The Balaban J connectivity index is 2.33. The third-order valence-corrected chi connectivity index (χ3v) is 3.34. The quantitative estimate of drug-likeness (QED) is 0.885. The van der Waals surface area contributed by atoms with Crippen LogP contribution < -0.4 is 0 Å². The highest BCUT2D eigenvalue weighted by atomic mass is 16.4. The first-order chi connectivity index (χ1) is 8.99. The molecule has 0 aliphatic rings. The monoisotopic (exact) mass is 258 g/mol. The molecule has 4 heteroatoms. The predicted molar refractivity (Wildman–Crippen MR) is 74.2 cm³/mol. The molecule has 2 N–H and O–H groups in total. The van der Waals surface area contributed by atoms with Gasteiger partial charge in [0, 0.05) is 11.3 Å². The third-order valence-electron chi connectivity index (χ3n) is 3.34. The molecule has 0 saturated heterocycles. The highest BCUT2D eigenvalue weighted by Gasteiger charge is 2.13. The van der Waals surface area contributed by atoms with Crippen molar-refractivity contribution in [3.05, 3.63) is 40.6 Å². The number of hydrogen-bond acceptors (Lipinski definition) is 2. The average molecular weight is 258 g/mol. The lowest BCUT2D eigenvalue weighted by Gasteiger charge is -2.05. The van der Waals surface area contributed by atoms with Gasteiger partial charge in [0.15, 0.2) is 0 Å². The van der Waals surface area contributed by atoms with Crippen LogP contribution in [0.15, 0.2) is 18.2 Å². The van der Waals surface area contributed by atoms with Crippen molar-refractivity contribution >= 4 is 5.97 Å². The van der Waals surface area contributed by atoms with Gasteiger partial charge in [-0.2, -0.15) is 5.10 Å². The van der Waals surface area contributed by atoms with Gasteiger partial charge in [-0.15, -0.1) is 0 Å². The summed E-state index contributed by atoms with van der Waals surface area (Å²) < 4.78 is 0. The van der Waals surface area contributed by atoms with Crippen LogP contribution in [0.5, 0.6) is 0 Å². The number of nitrogens with zero attached hydrogens (tertiary/aromatic N) is 1. The summed E-state index contributed by atoms with van der Waals surface area (Å²) in [5.74, 6) is -0.790. The first-order valence-corrected chi connectivity index (χ1v) is 6.32. The Hall–Kier alpha value is -2.10. The zero-order valence-electron chi connectivity index (χ0n) is 11.4. The zero-order valence-corrected chi connectivity index (χ0v) is 11.4. The molecule has 19 heavy (non-hydrogen) atoms. The lowest BCUT2D eigenvalue weighted by atomic mass is 9.99. The number of aryl methyl sites for hydroxylation is 3. The first kappa shape index (κ1) is 13.3. The predicted octanol–water partition coefficient (Wildman–Crippen LogP) is 3.02. The number of rotatable bonds is 4. The SMILES string of the molecule is Cc1ccc(-c2n[nH]c(CCC(=O)O)c2C)c(C)c1. The highest BCUT2D eigenvalue weighted by molar-refractivity contribution is 5.69. The molecule has 4 nitrogen and oxygen atoms in total. The molecule has 0 saturated carbocycles. The smallest absolute Gasteiger partial charge is 0.303 e. The second-order valence-corrected chi connectivity index (χ2v) is 4.89. The Labute approximate surface area is 112 Å². The molecule has 0 amide bonds. The fourth-order valence-corrected chi connectivity index (χ4v) is 2.25. The topological polar surface area (TPSA) is 66.0 Å². The summed E-state index contributed by atoms with van der Waals surface area (Å²) in [7, 11) is 0. The molecule has 1 aromatic heterocycles. The molecular formula is C15H18N2O2. The number of hydrogen-bond donors (Lipinski definition) is 2. The van der Waals surface area contributed by atoms with Crippen LogP contribution in [0.2, 0.25) is 0 Å². The van der Waals surface area contributed by atoms with Gasteiger partial charge >= 0.3 is 5.97 Å². The van der Waals surface area contributed by atoms with Crippen molar-refractivity contribution < 1.29 is 9.90 Å². The number of nitrogens with one attached hydrogen (secondary N) is 1. The van der Waals surface area contributed by atoms with Crippen molar-refractivity contribution in [3.63, 3.8) is 0 Å². The molecule has 0 spiro atoms. The van der Waals surface area contributed by atoms with E-state index < -0.39 is 5.97 Å². The van der Waals surface area contributed by atoms with Crippen LogP contribution in [0, 0.1) is 20.8 Å². The molecule has 0 unspecified atom stereocenters. The maximum absolute atomic E-state index is 10.6. The van der Waals surface area contributed by atoms with Gasteiger partial charge < -0.3 is 5.11 Å². The first-order valence-electron chi connectivity index (χ1n) is 6.32. The molecule has 1 heterocycles. The summed E-state index contributed by atoms with van der Waals surface area (Å²) in [5, 5.41) is 16.0. The van der Waals surface area contributed by atoms with Crippen LogP contribution in [-0.2, 0) is 11.2 Å². The third kappa shape index (κ3) is 2.84. The van der Waals surface area contributed by atoms with E-state index >= 15 is 0 Å². The van der Waals surface area contributed by atoms with E-state index in [9.17, 15) is 4.79 Å². The second kappa shape index (κ2) is 5.26. The van der Waals surface area contributed by atoms with E-state index in [4.69, 9.17) is 5.11 Å². The van der Waals surface area contributed by atoms with E-state index in [-0.39, 0.29) is 6.42 Å². The molecule has 0 bridgehead atoms. The maximum Gasteiger partial charge on any atom is 0.303 e. The van der Waals surface area contributed by atoms with Gasteiger partial charge in [-0.1, -0.05) is 23.8 Å². The molecule has 2 aromatic rings. The van der Waals surface area contributed by atoms with Gasteiger partial charge in [-0.05, 0) is 38.3 Å². The van der Waals surface area contributed by atoms with E-state index in [0.29, 0.717) is 6.42 Å². The van der Waals surface area contributed by atoms with Crippen molar-refractivity contribution in [3.8, 4) is 11.3 Å². The summed E-state index contributed by atoms with van der Waals surface area (Å²) in [6.07, 6.45) is 0.606. The summed E-state index contributed by atoms with van der Waals surface area (Å²) in [5.41, 5.74) is 6.35. The van der Waals surface area contributed by atoms with Gasteiger partial charge in [0.25, 0.3) is 0 Å². The standard InChI is InChI=1S/C15H18N2O2/c1-9-4-5-12(10(2)8-9)15-11(3)13(16-17-15)6-7-14(18)19/h4-5,8H,6-7H2,1-3H3,(H,16,17)(H,18,19). The van der Waals surface area contributed by atoms with Crippen LogP contribution in [0.1, 0.15) is 28.8 Å². The van der Waals surface area contributed by atoms with Gasteiger partial charge in [0.05, 0.1) is 12.1 Å². The van der Waals surface area contributed by atoms with Crippen molar-refractivity contribution in [2.24, 2.45) is 0 Å². The Morgan fingerprint density at radius 3 is 2.68 bits per heavy atom. The average Bonchev–Trinajstić information content (AvgIpc) is 2.68. The fourth-order valence-electron chi connectivity index (χ4n) is 2.25. The van der Waals surface area contributed by atoms with Crippen molar-refractivity contribution in [1.82, 2.24) is 10.2 Å². The number of carbonyl (C=O) groups is 1. The van der Waals surface area contributed by atoms with E-state index in [2.05, 4.69) is 42.2 Å². The van der Waals surface area contributed by atoms with Crippen LogP contribution in [0.4, 0.5) is 0 Å². The van der Waals surface area contributed by atoms with Gasteiger partial charge in [-0.3, -0.25) is 9.89 Å². The normalized spacial score (nSPS) is 10.7. The lowest BCUT2D eigenvalue weighted by molar-refractivity contribution is -0.136. The van der Waals surface area contributed by atoms with Gasteiger partial charge in [0.2, 0.25) is 0 Å². The highest BCUT2D eigenvalue weighted by Crippen LogP contribution is 2.27. The molecule has 1 aromatic carbocycles. The van der Waals surface area contributed by atoms with Crippen molar-refractivity contribution in [2.75, 3.05) is 0 Å². The number of benzene rings is 1. The Morgan fingerprint density at radius 1 is 1.32 bits per heavy atom. The van der Waals surface area contributed by atoms with Gasteiger partial charge in [0.1, 0.15) is 0 Å². The maximum atomic E-state index is 10.6. The van der Waals surface area contributed by atoms with Crippen molar-refractivity contribution in [1.29, 1.82) is 0 Å². The second-order valence-electron chi connectivity index (χ2n) is 4.89. The van der Waals surface area contributed by atoms with E-state index in [1.54, 1.807) is 0 Å². The van der Waals surface area contributed by atoms with Gasteiger partial charge in [-0.25, -0.2) is 0 Å². The van der Waals surface area contributed by atoms with Crippen LogP contribution in [0.3, 0.4) is 0 Å². The molecule has 0 atom stereocenters. The molecule has 0 radical (unpaired) electrons. The molecule has 100 valence electrons. The lowest BCUT2D eigenvalue weighted by Crippen LogP contribution is -1.98. The molecule has 0 aliphatic heterocycles. The minimum Gasteiger partial charge on any atom is -0.481 e. The Kier molecular flexibility index (Phi) is 3.69.